The van der Waals surface area contributed by atoms with Gasteiger partial charge in [0.15, 0.2) is 15.7 Å². The highest BCUT2D eigenvalue weighted by molar-refractivity contribution is 7.91. The third-order valence-electron chi connectivity index (χ3n) is 4.21. The summed E-state index contributed by atoms with van der Waals surface area (Å²) >= 11 is 0. The Kier molecular flexibility index (Phi) is 4.18. The summed E-state index contributed by atoms with van der Waals surface area (Å²) in [5.41, 5.74) is 0. The molecule has 9 heteroatoms. The van der Waals surface area contributed by atoms with Crippen LogP contribution in [0.15, 0.2) is 4.52 Å². The van der Waals surface area contributed by atoms with Gasteiger partial charge in [-0.1, -0.05) is 5.16 Å². The maximum Gasteiger partial charge on any atom is 0.237 e. The van der Waals surface area contributed by atoms with Gasteiger partial charge in [-0.05, 0) is 12.8 Å². The molecule has 0 spiro atoms. The van der Waals surface area contributed by atoms with Crippen LogP contribution in [0.4, 0.5) is 0 Å². The molecule has 3 rings (SSSR count). The van der Waals surface area contributed by atoms with Crippen LogP contribution in [-0.2, 0) is 14.6 Å². The first-order valence-electron chi connectivity index (χ1n) is 7.47. The summed E-state index contributed by atoms with van der Waals surface area (Å²) in [6.07, 6.45) is 1.75. The minimum absolute atomic E-state index is 0.00394. The van der Waals surface area contributed by atoms with E-state index in [-0.39, 0.29) is 30.0 Å². The summed E-state index contributed by atoms with van der Waals surface area (Å²) in [6.45, 7) is 3.51. The predicted molar refractivity (Wildman–Crippen MR) is 77.8 cm³/mol. The van der Waals surface area contributed by atoms with Gasteiger partial charge in [0.1, 0.15) is 0 Å². The highest BCUT2D eigenvalue weighted by Crippen LogP contribution is 2.30. The maximum atomic E-state index is 12.5. The Balaban J connectivity index is 1.62. The molecule has 1 amide bonds. The van der Waals surface area contributed by atoms with Crippen molar-refractivity contribution >= 4 is 15.7 Å². The monoisotopic (exact) mass is 328 g/mol. The van der Waals surface area contributed by atoms with E-state index in [2.05, 4.69) is 10.1 Å². The Bertz CT molecular complexity index is 643. The van der Waals surface area contributed by atoms with Crippen LogP contribution in [0.2, 0.25) is 0 Å². The fraction of sp³-hybridized carbons (Fsp3) is 0.769. The van der Waals surface area contributed by atoms with E-state index in [4.69, 9.17) is 4.52 Å². The van der Waals surface area contributed by atoms with Crippen LogP contribution in [0.5, 0.6) is 0 Å². The summed E-state index contributed by atoms with van der Waals surface area (Å²) in [6, 6.07) is -0.126. The fourth-order valence-electron chi connectivity index (χ4n) is 2.97. The molecule has 2 fully saturated rings. The third kappa shape index (κ3) is 3.30. The molecule has 0 unspecified atom stereocenters. The van der Waals surface area contributed by atoms with Crippen LogP contribution < -0.4 is 0 Å². The summed E-state index contributed by atoms with van der Waals surface area (Å²) in [4.78, 5) is 20.4. The van der Waals surface area contributed by atoms with Gasteiger partial charge in [-0.3, -0.25) is 9.69 Å². The van der Waals surface area contributed by atoms with E-state index in [9.17, 15) is 13.2 Å². The zero-order valence-corrected chi connectivity index (χ0v) is 13.4. The molecule has 1 aromatic rings. The Labute approximate surface area is 129 Å². The second-order valence-corrected chi connectivity index (χ2v) is 8.15. The number of sulfone groups is 1. The molecular formula is C13H20N4O4S. The molecule has 122 valence electrons. The average Bonchev–Trinajstić information content (AvgIpc) is 3.09. The SMILES string of the molecule is Cc1nc([C@@H]2CCCN2C(=O)CN2CCS(=O)(=O)CC2)no1. The first-order valence-corrected chi connectivity index (χ1v) is 9.29. The van der Waals surface area contributed by atoms with E-state index < -0.39 is 9.84 Å². The van der Waals surface area contributed by atoms with E-state index in [1.807, 2.05) is 4.90 Å². The molecule has 0 aliphatic carbocycles. The minimum Gasteiger partial charge on any atom is -0.340 e. The predicted octanol–water partition coefficient (Wildman–Crippen LogP) is -0.228. The van der Waals surface area contributed by atoms with E-state index in [0.717, 1.165) is 12.8 Å². The highest BCUT2D eigenvalue weighted by atomic mass is 32.2. The van der Waals surface area contributed by atoms with E-state index >= 15 is 0 Å². The van der Waals surface area contributed by atoms with Crippen LogP contribution in [0.3, 0.4) is 0 Å². The number of amides is 1. The standard InChI is InChI=1S/C13H20N4O4S/c1-10-14-13(15-21-10)11-3-2-4-17(11)12(18)9-16-5-7-22(19,20)8-6-16/h11H,2-9H2,1H3/t11-/m0/s1. The lowest BCUT2D eigenvalue weighted by atomic mass is 10.2. The van der Waals surface area contributed by atoms with Crippen LogP contribution in [0, 0.1) is 6.92 Å². The van der Waals surface area contributed by atoms with Crippen LogP contribution in [-0.4, -0.2) is 72.0 Å². The minimum atomic E-state index is -2.92. The van der Waals surface area contributed by atoms with E-state index in [1.165, 1.54) is 0 Å². The Morgan fingerprint density at radius 3 is 2.68 bits per heavy atom. The number of nitrogens with zero attached hydrogens (tertiary/aromatic N) is 4. The normalized spacial score (nSPS) is 25.5. The molecule has 0 saturated carbocycles. The van der Waals surface area contributed by atoms with Crippen molar-refractivity contribution in [2.45, 2.75) is 25.8 Å². The molecule has 0 N–H and O–H groups in total. The molecule has 3 heterocycles. The van der Waals surface area contributed by atoms with Crippen LogP contribution in [0.25, 0.3) is 0 Å². The van der Waals surface area contributed by atoms with Gasteiger partial charge in [0.25, 0.3) is 0 Å². The second kappa shape index (κ2) is 5.96. The highest BCUT2D eigenvalue weighted by Gasteiger charge is 2.34. The van der Waals surface area contributed by atoms with Crippen LogP contribution >= 0.6 is 0 Å². The summed E-state index contributed by atoms with van der Waals surface area (Å²) in [7, 11) is -2.92. The maximum absolute atomic E-state index is 12.5. The van der Waals surface area contributed by atoms with Crippen molar-refractivity contribution in [3.8, 4) is 0 Å². The largest absolute Gasteiger partial charge is 0.340 e. The smallest absolute Gasteiger partial charge is 0.237 e. The van der Waals surface area contributed by atoms with Gasteiger partial charge in [0.2, 0.25) is 11.8 Å². The third-order valence-corrected chi connectivity index (χ3v) is 5.82. The number of aryl methyl sites for hydroxylation is 1. The number of carbonyl (C=O) groups is 1. The van der Waals surface area contributed by atoms with Crippen molar-refractivity contribution in [2.75, 3.05) is 37.7 Å². The molecule has 2 saturated heterocycles. The molecule has 0 radical (unpaired) electrons. The number of hydrogen-bond donors (Lipinski definition) is 0. The molecule has 0 bridgehead atoms. The summed E-state index contributed by atoms with van der Waals surface area (Å²) < 4.78 is 27.9. The zero-order chi connectivity index (χ0) is 15.7. The molecule has 0 aromatic carbocycles. The summed E-state index contributed by atoms with van der Waals surface area (Å²) in [5.74, 6) is 1.32. The molecule has 1 atom stereocenters. The lowest BCUT2D eigenvalue weighted by Gasteiger charge is -2.29. The zero-order valence-electron chi connectivity index (χ0n) is 12.6. The van der Waals surface area contributed by atoms with Crippen molar-refractivity contribution < 1.29 is 17.7 Å². The molecule has 22 heavy (non-hydrogen) atoms. The van der Waals surface area contributed by atoms with E-state index in [1.54, 1.807) is 11.8 Å². The molecule has 1 aromatic heterocycles. The molecule has 2 aliphatic heterocycles. The topological polar surface area (TPSA) is 96.6 Å². The van der Waals surface area contributed by atoms with Gasteiger partial charge in [0, 0.05) is 26.6 Å². The van der Waals surface area contributed by atoms with Gasteiger partial charge >= 0.3 is 0 Å². The van der Waals surface area contributed by atoms with Crippen molar-refractivity contribution in [3.05, 3.63) is 11.7 Å². The fourth-order valence-corrected chi connectivity index (χ4v) is 4.25. The lowest BCUT2D eigenvalue weighted by Crippen LogP contribution is -2.46. The molecule has 2 aliphatic rings. The first-order chi connectivity index (χ1) is 10.4. The number of hydrogen-bond acceptors (Lipinski definition) is 7. The van der Waals surface area contributed by atoms with Gasteiger partial charge in [-0.15, -0.1) is 0 Å². The Hall–Kier alpha value is -1.48. The van der Waals surface area contributed by atoms with Crippen molar-refractivity contribution in [1.29, 1.82) is 0 Å². The second-order valence-electron chi connectivity index (χ2n) is 5.84. The van der Waals surface area contributed by atoms with Crippen molar-refractivity contribution in [3.63, 3.8) is 0 Å². The van der Waals surface area contributed by atoms with Crippen LogP contribution in [0.1, 0.15) is 30.6 Å². The van der Waals surface area contributed by atoms with Gasteiger partial charge in [0.05, 0.1) is 24.1 Å². The summed E-state index contributed by atoms with van der Waals surface area (Å²) in [5, 5.41) is 3.92. The number of carbonyl (C=O) groups excluding carboxylic acids is 1. The quantitative estimate of drug-likeness (QED) is 0.756. The van der Waals surface area contributed by atoms with Gasteiger partial charge < -0.3 is 9.42 Å². The van der Waals surface area contributed by atoms with Crippen molar-refractivity contribution in [1.82, 2.24) is 19.9 Å². The van der Waals surface area contributed by atoms with Gasteiger partial charge in [-0.25, -0.2) is 8.42 Å². The van der Waals surface area contributed by atoms with Crippen molar-refractivity contribution in [2.24, 2.45) is 0 Å². The van der Waals surface area contributed by atoms with E-state index in [0.29, 0.717) is 31.3 Å². The number of likely N-dealkylation sites (tertiary alicyclic amines) is 1. The average molecular weight is 328 g/mol. The Morgan fingerprint density at radius 2 is 2.05 bits per heavy atom. The Morgan fingerprint density at radius 1 is 1.32 bits per heavy atom. The molecule has 8 nitrogen and oxygen atoms in total. The number of rotatable bonds is 3. The molecular weight excluding hydrogens is 308 g/mol. The van der Waals surface area contributed by atoms with Gasteiger partial charge in [-0.2, -0.15) is 4.98 Å². The lowest BCUT2D eigenvalue weighted by molar-refractivity contribution is -0.133. The first kappa shape index (κ1) is 15.4. The number of aromatic nitrogens is 2.